The minimum atomic E-state index is 0.560. The van der Waals surface area contributed by atoms with E-state index in [1.807, 2.05) is 73.1 Å². The van der Waals surface area contributed by atoms with Gasteiger partial charge in [-0.05, 0) is 70.8 Å². The molecule has 0 aliphatic rings. The van der Waals surface area contributed by atoms with Gasteiger partial charge in [-0.3, -0.25) is 15.0 Å². The molecule has 194 valence electrons. The maximum absolute atomic E-state index is 4.95. The molecule has 7 aromatic rings. The fourth-order valence-corrected chi connectivity index (χ4v) is 5.33. The predicted octanol–water partition coefficient (Wildman–Crippen LogP) is 8.31. The van der Waals surface area contributed by atoms with Crippen LogP contribution in [0.2, 0.25) is 0 Å². The van der Waals surface area contributed by atoms with Gasteiger partial charge in [0.1, 0.15) is 0 Å². The highest BCUT2D eigenvalue weighted by atomic mass is 79.9. The summed E-state index contributed by atoms with van der Waals surface area (Å²) in [7, 11) is 0. The first kappa shape index (κ1) is 24.9. The van der Waals surface area contributed by atoms with Crippen LogP contribution in [0.25, 0.3) is 67.3 Å². The first-order valence-electron chi connectivity index (χ1n) is 13.0. The highest BCUT2D eigenvalue weighted by molar-refractivity contribution is 9.10. The minimum Gasteiger partial charge on any atom is -0.264 e. The Morgan fingerprint density at radius 2 is 1.10 bits per heavy atom. The molecule has 0 unspecified atom stereocenters. The van der Waals surface area contributed by atoms with Gasteiger partial charge in [0.05, 0.1) is 5.52 Å². The predicted molar refractivity (Wildman–Crippen MR) is 166 cm³/mol. The highest BCUT2D eigenvalue weighted by Gasteiger charge is 2.15. The van der Waals surface area contributed by atoms with Gasteiger partial charge < -0.3 is 0 Å². The molecule has 0 aliphatic heterocycles. The van der Waals surface area contributed by atoms with Gasteiger partial charge in [0.15, 0.2) is 17.5 Å². The van der Waals surface area contributed by atoms with Gasteiger partial charge >= 0.3 is 0 Å². The molecule has 0 aliphatic carbocycles. The number of fused-ring (bicyclic) bond motifs is 1. The molecule has 41 heavy (non-hydrogen) atoms. The van der Waals surface area contributed by atoms with Crippen molar-refractivity contribution in [3.05, 3.63) is 133 Å². The van der Waals surface area contributed by atoms with Crippen molar-refractivity contribution < 1.29 is 0 Å². The molecule has 0 bridgehead atoms. The lowest BCUT2D eigenvalue weighted by atomic mass is 9.98. The van der Waals surface area contributed by atoms with E-state index in [2.05, 4.69) is 67.3 Å². The SMILES string of the molecule is Brc1cc(-c2nc(-c3ccc(-c4cccnc4)cc3)nc(-c3cccnc3)n2)cc(-c2cccc3ncccc23)c1. The fraction of sp³-hybridized carbons (Fsp3) is 0. The number of nitrogens with zero attached hydrogens (tertiary/aromatic N) is 6. The third-order valence-corrected chi connectivity index (χ3v) is 7.26. The second-order valence-corrected chi connectivity index (χ2v) is 10.4. The summed E-state index contributed by atoms with van der Waals surface area (Å²) >= 11 is 3.73. The maximum Gasteiger partial charge on any atom is 0.165 e. The first-order valence-corrected chi connectivity index (χ1v) is 13.8. The highest BCUT2D eigenvalue weighted by Crippen LogP contribution is 2.34. The van der Waals surface area contributed by atoms with Crippen LogP contribution in [0.15, 0.2) is 133 Å². The lowest BCUT2D eigenvalue weighted by Gasteiger charge is -2.12. The standard InChI is InChI=1S/C34H21BrN6/c35-28-18-26(29-7-1-9-31-30(29)8-4-16-38-31)17-27(19-28)34-40-32(39-33(41-34)25-6-3-15-37-21-25)23-12-10-22(11-13-23)24-5-2-14-36-20-24/h1-21H. The van der Waals surface area contributed by atoms with Crippen LogP contribution in [0, 0.1) is 0 Å². The molecule has 6 nitrogen and oxygen atoms in total. The zero-order chi connectivity index (χ0) is 27.6. The quantitative estimate of drug-likeness (QED) is 0.200. The second kappa shape index (κ2) is 10.8. The van der Waals surface area contributed by atoms with Crippen LogP contribution in [-0.4, -0.2) is 29.9 Å². The molecule has 4 aromatic heterocycles. The van der Waals surface area contributed by atoms with E-state index in [9.17, 15) is 0 Å². The summed E-state index contributed by atoms with van der Waals surface area (Å²) in [6, 6.07) is 32.5. The van der Waals surface area contributed by atoms with Crippen LogP contribution in [0.3, 0.4) is 0 Å². The van der Waals surface area contributed by atoms with Crippen LogP contribution in [0.1, 0.15) is 0 Å². The molecular weight excluding hydrogens is 572 g/mol. The monoisotopic (exact) mass is 592 g/mol. The van der Waals surface area contributed by atoms with E-state index in [0.717, 1.165) is 54.3 Å². The van der Waals surface area contributed by atoms with Gasteiger partial charge in [0, 0.05) is 57.5 Å². The number of benzene rings is 3. The molecule has 0 amide bonds. The number of hydrogen-bond acceptors (Lipinski definition) is 6. The molecule has 0 N–H and O–H groups in total. The Balaban J connectivity index is 1.37. The van der Waals surface area contributed by atoms with E-state index in [1.54, 1.807) is 18.6 Å². The molecule has 4 heterocycles. The second-order valence-electron chi connectivity index (χ2n) is 9.47. The number of halogens is 1. The summed E-state index contributed by atoms with van der Waals surface area (Å²) < 4.78 is 0.927. The molecular formula is C34H21BrN6. The Labute approximate surface area is 245 Å². The van der Waals surface area contributed by atoms with E-state index in [4.69, 9.17) is 15.0 Å². The molecule has 0 radical (unpaired) electrons. The van der Waals surface area contributed by atoms with Crippen LogP contribution in [0.5, 0.6) is 0 Å². The van der Waals surface area contributed by atoms with E-state index >= 15 is 0 Å². The van der Waals surface area contributed by atoms with Gasteiger partial charge in [0.2, 0.25) is 0 Å². The smallest absolute Gasteiger partial charge is 0.165 e. The van der Waals surface area contributed by atoms with Crippen molar-refractivity contribution in [3.8, 4) is 56.4 Å². The molecule has 0 atom stereocenters. The first-order chi connectivity index (χ1) is 20.2. The maximum atomic E-state index is 4.95. The Morgan fingerprint density at radius 1 is 0.463 bits per heavy atom. The van der Waals surface area contributed by atoms with Gasteiger partial charge in [-0.1, -0.05) is 64.5 Å². The van der Waals surface area contributed by atoms with Crippen LogP contribution >= 0.6 is 15.9 Å². The summed E-state index contributed by atoms with van der Waals surface area (Å²) in [5, 5.41) is 1.08. The number of aromatic nitrogens is 6. The average molecular weight is 593 g/mol. The molecule has 7 heteroatoms. The summed E-state index contributed by atoms with van der Waals surface area (Å²) in [6.45, 7) is 0. The zero-order valence-corrected chi connectivity index (χ0v) is 23.3. The molecule has 0 fully saturated rings. The molecule has 7 rings (SSSR count). The number of pyridine rings is 3. The zero-order valence-electron chi connectivity index (χ0n) is 21.7. The number of rotatable bonds is 5. The molecule has 0 saturated carbocycles. The van der Waals surface area contributed by atoms with Crippen molar-refractivity contribution in [2.24, 2.45) is 0 Å². The van der Waals surface area contributed by atoms with Crippen molar-refractivity contribution >= 4 is 26.8 Å². The third kappa shape index (κ3) is 5.11. The van der Waals surface area contributed by atoms with Gasteiger partial charge in [-0.25, -0.2) is 15.0 Å². The lowest BCUT2D eigenvalue weighted by Crippen LogP contribution is -2.00. The van der Waals surface area contributed by atoms with Crippen molar-refractivity contribution in [1.29, 1.82) is 0 Å². The largest absolute Gasteiger partial charge is 0.264 e. The van der Waals surface area contributed by atoms with Crippen LogP contribution in [-0.2, 0) is 0 Å². The number of hydrogen-bond donors (Lipinski definition) is 0. The minimum absolute atomic E-state index is 0.560. The Morgan fingerprint density at radius 3 is 1.83 bits per heavy atom. The normalized spacial score (nSPS) is 11.0. The molecule has 0 saturated heterocycles. The van der Waals surface area contributed by atoms with Crippen LogP contribution in [0.4, 0.5) is 0 Å². The van der Waals surface area contributed by atoms with Crippen molar-refractivity contribution in [2.45, 2.75) is 0 Å². The average Bonchev–Trinajstić information content (AvgIpc) is 3.05. The Hall–Kier alpha value is -5.14. The lowest BCUT2D eigenvalue weighted by molar-refractivity contribution is 1.07. The Bertz CT molecular complexity index is 1990. The van der Waals surface area contributed by atoms with E-state index in [-0.39, 0.29) is 0 Å². The van der Waals surface area contributed by atoms with E-state index < -0.39 is 0 Å². The van der Waals surface area contributed by atoms with Gasteiger partial charge in [-0.2, -0.15) is 0 Å². The molecule has 3 aromatic carbocycles. The summed E-state index contributed by atoms with van der Waals surface area (Å²) in [4.78, 5) is 27.8. The topological polar surface area (TPSA) is 77.3 Å². The van der Waals surface area contributed by atoms with E-state index in [0.29, 0.717) is 17.5 Å². The Kier molecular flexibility index (Phi) is 6.55. The van der Waals surface area contributed by atoms with Crippen molar-refractivity contribution in [1.82, 2.24) is 29.9 Å². The molecule has 0 spiro atoms. The van der Waals surface area contributed by atoms with Gasteiger partial charge in [0.25, 0.3) is 0 Å². The van der Waals surface area contributed by atoms with E-state index in [1.165, 1.54) is 0 Å². The van der Waals surface area contributed by atoms with Crippen molar-refractivity contribution in [3.63, 3.8) is 0 Å². The summed E-state index contributed by atoms with van der Waals surface area (Å²) in [5.41, 5.74) is 7.78. The third-order valence-electron chi connectivity index (χ3n) is 6.81. The van der Waals surface area contributed by atoms with Crippen molar-refractivity contribution in [2.75, 3.05) is 0 Å². The van der Waals surface area contributed by atoms with Gasteiger partial charge in [-0.15, -0.1) is 0 Å². The van der Waals surface area contributed by atoms with Crippen LogP contribution < -0.4 is 0 Å². The fourth-order valence-electron chi connectivity index (χ4n) is 4.83. The summed E-state index contributed by atoms with van der Waals surface area (Å²) in [5.74, 6) is 1.72. The summed E-state index contributed by atoms with van der Waals surface area (Å²) in [6.07, 6.45) is 8.95.